The Morgan fingerprint density at radius 1 is 1.21 bits per heavy atom. The van der Waals surface area contributed by atoms with Crippen LogP contribution in [0.5, 0.6) is 6.01 Å². The first-order chi connectivity index (χ1) is 6.68. The van der Waals surface area contributed by atoms with Crippen LogP contribution in [0.1, 0.15) is 39.2 Å². The zero-order valence-corrected chi connectivity index (χ0v) is 9.37. The Balaban J connectivity index is 0.000000461. The second kappa shape index (κ2) is 4.40. The van der Waals surface area contributed by atoms with Crippen LogP contribution in [-0.4, -0.2) is 15.6 Å². The highest BCUT2D eigenvalue weighted by Gasteiger charge is 2.40. The number of nitrogens with zero attached hydrogens (tertiary/aromatic N) is 2. The molecule has 1 saturated carbocycles. The molecule has 1 heterocycles. The Morgan fingerprint density at radius 3 is 2.14 bits per heavy atom. The molecular weight excluding hydrogens is 176 g/mol. The molecule has 1 aromatic heterocycles. The molecule has 0 radical (unpaired) electrons. The van der Waals surface area contributed by atoms with Crippen molar-refractivity contribution in [2.75, 3.05) is 0 Å². The molecule has 1 aromatic rings. The zero-order valence-electron chi connectivity index (χ0n) is 9.37. The number of aryl methyl sites for hydroxylation is 1. The predicted octanol–water partition coefficient (Wildman–Crippen LogP) is 2.74. The topological polar surface area (TPSA) is 35.0 Å². The first-order valence-corrected chi connectivity index (χ1v) is 5.16. The van der Waals surface area contributed by atoms with Gasteiger partial charge in [0, 0.05) is 12.4 Å². The Kier molecular flexibility index (Phi) is 3.44. The van der Waals surface area contributed by atoms with Crippen LogP contribution in [-0.2, 0) is 0 Å². The monoisotopic (exact) mass is 194 g/mol. The Bertz CT molecular complexity index is 278. The van der Waals surface area contributed by atoms with Gasteiger partial charge in [0.1, 0.15) is 5.60 Å². The third kappa shape index (κ3) is 2.98. The first-order valence-electron chi connectivity index (χ1n) is 5.16. The van der Waals surface area contributed by atoms with Gasteiger partial charge in [0.2, 0.25) is 0 Å². The molecule has 0 aliphatic heterocycles. The third-order valence-corrected chi connectivity index (χ3v) is 2.05. The van der Waals surface area contributed by atoms with Gasteiger partial charge in [-0.2, -0.15) is 0 Å². The van der Waals surface area contributed by atoms with E-state index in [2.05, 4.69) is 16.9 Å². The van der Waals surface area contributed by atoms with E-state index >= 15 is 0 Å². The number of ether oxygens (including phenoxy) is 1. The van der Waals surface area contributed by atoms with E-state index in [0.29, 0.717) is 6.01 Å². The van der Waals surface area contributed by atoms with Crippen molar-refractivity contribution in [2.24, 2.45) is 0 Å². The normalized spacial score (nSPS) is 16.6. The van der Waals surface area contributed by atoms with Gasteiger partial charge in [-0.1, -0.05) is 13.8 Å². The minimum atomic E-state index is 0.0231. The summed E-state index contributed by atoms with van der Waals surface area (Å²) in [6, 6.07) is 0.501. The first kappa shape index (κ1) is 11.0. The van der Waals surface area contributed by atoms with Gasteiger partial charge in [-0.3, -0.25) is 0 Å². The highest BCUT2D eigenvalue weighted by molar-refractivity contribution is 5.07. The van der Waals surface area contributed by atoms with Crippen LogP contribution in [0.4, 0.5) is 0 Å². The summed E-state index contributed by atoms with van der Waals surface area (Å²) in [5.41, 5.74) is 1.08. The molecule has 1 aliphatic rings. The van der Waals surface area contributed by atoms with Crippen molar-refractivity contribution in [3.63, 3.8) is 0 Å². The molecule has 0 aromatic carbocycles. The maximum atomic E-state index is 5.55. The van der Waals surface area contributed by atoms with Crippen LogP contribution in [0, 0.1) is 6.92 Å². The lowest BCUT2D eigenvalue weighted by atomic mass is 10.4. The highest BCUT2D eigenvalue weighted by Crippen LogP contribution is 2.38. The molecule has 0 atom stereocenters. The maximum absolute atomic E-state index is 5.55. The summed E-state index contributed by atoms with van der Waals surface area (Å²) in [7, 11) is 0. The third-order valence-electron chi connectivity index (χ3n) is 2.05. The van der Waals surface area contributed by atoms with Crippen molar-refractivity contribution >= 4 is 0 Å². The summed E-state index contributed by atoms with van der Waals surface area (Å²) in [4.78, 5) is 8.14. The van der Waals surface area contributed by atoms with E-state index in [1.807, 2.05) is 20.8 Å². The van der Waals surface area contributed by atoms with Crippen LogP contribution in [0.15, 0.2) is 12.4 Å². The smallest absolute Gasteiger partial charge is 0.316 e. The minimum Gasteiger partial charge on any atom is -0.457 e. The average Bonchev–Trinajstić information content (AvgIpc) is 2.91. The number of aromatic nitrogens is 2. The van der Waals surface area contributed by atoms with Crippen molar-refractivity contribution in [1.82, 2.24) is 9.97 Å². The van der Waals surface area contributed by atoms with E-state index in [1.54, 1.807) is 12.4 Å². The minimum absolute atomic E-state index is 0.0231. The fourth-order valence-corrected chi connectivity index (χ4v) is 0.932. The van der Waals surface area contributed by atoms with Crippen LogP contribution in [0.2, 0.25) is 0 Å². The van der Waals surface area contributed by atoms with E-state index in [4.69, 9.17) is 4.74 Å². The summed E-state index contributed by atoms with van der Waals surface area (Å²) in [5, 5.41) is 0. The Labute approximate surface area is 85.5 Å². The van der Waals surface area contributed by atoms with Crippen LogP contribution < -0.4 is 4.74 Å². The molecule has 0 spiro atoms. The van der Waals surface area contributed by atoms with E-state index in [9.17, 15) is 0 Å². The molecule has 1 aliphatic carbocycles. The van der Waals surface area contributed by atoms with E-state index < -0.39 is 0 Å². The van der Waals surface area contributed by atoms with Crippen LogP contribution >= 0.6 is 0 Å². The standard InChI is InChI=1S/C9H12N2O.C2H6/c1-7-5-10-8(11-6-7)12-9(2)3-4-9;1-2/h5-6H,3-4H2,1-2H3;1-2H3. The molecule has 1 fully saturated rings. The van der Waals surface area contributed by atoms with Crippen LogP contribution in [0.3, 0.4) is 0 Å². The molecule has 2 rings (SSSR count). The second-order valence-corrected chi connectivity index (χ2v) is 3.59. The average molecular weight is 194 g/mol. The van der Waals surface area contributed by atoms with Crippen molar-refractivity contribution in [3.05, 3.63) is 18.0 Å². The molecule has 14 heavy (non-hydrogen) atoms. The second-order valence-electron chi connectivity index (χ2n) is 3.59. The molecule has 0 bridgehead atoms. The van der Waals surface area contributed by atoms with Crippen molar-refractivity contribution in [1.29, 1.82) is 0 Å². The molecule has 3 heteroatoms. The molecule has 0 amide bonds. The zero-order chi connectivity index (χ0) is 10.6. The predicted molar refractivity (Wildman–Crippen MR) is 56.4 cm³/mol. The summed E-state index contributed by atoms with van der Waals surface area (Å²) in [5.74, 6) is 0. The number of rotatable bonds is 2. The van der Waals surface area contributed by atoms with Gasteiger partial charge in [-0.05, 0) is 32.3 Å². The van der Waals surface area contributed by atoms with E-state index in [-0.39, 0.29) is 5.60 Å². The van der Waals surface area contributed by atoms with Gasteiger partial charge in [0.15, 0.2) is 0 Å². The van der Waals surface area contributed by atoms with Gasteiger partial charge in [-0.25, -0.2) is 9.97 Å². The lowest BCUT2D eigenvalue weighted by Crippen LogP contribution is -2.13. The van der Waals surface area contributed by atoms with Gasteiger partial charge < -0.3 is 4.74 Å². The lowest BCUT2D eigenvalue weighted by Gasteiger charge is -2.09. The Hall–Kier alpha value is -1.12. The molecule has 0 saturated heterocycles. The maximum Gasteiger partial charge on any atom is 0.316 e. The fourth-order valence-electron chi connectivity index (χ4n) is 0.932. The lowest BCUT2D eigenvalue weighted by molar-refractivity contribution is 0.182. The van der Waals surface area contributed by atoms with Crippen LogP contribution in [0.25, 0.3) is 0 Å². The summed E-state index contributed by atoms with van der Waals surface area (Å²) >= 11 is 0. The van der Waals surface area contributed by atoms with E-state index in [1.165, 1.54) is 0 Å². The SMILES string of the molecule is CC.Cc1cnc(OC2(C)CC2)nc1. The fraction of sp³-hybridized carbons (Fsp3) is 0.636. The summed E-state index contributed by atoms with van der Waals surface area (Å²) < 4.78 is 5.55. The van der Waals surface area contributed by atoms with Crippen molar-refractivity contribution in [2.45, 2.75) is 46.1 Å². The molecule has 0 N–H and O–H groups in total. The van der Waals surface area contributed by atoms with Crippen molar-refractivity contribution < 1.29 is 4.74 Å². The van der Waals surface area contributed by atoms with Gasteiger partial charge in [0.25, 0.3) is 0 Å². The van der Waals surface area contributed by atoms with Gasteiger partial charge in [-0.15, -0.1) is 0 Å². The molecule has 0 unspecified atom stereocenters. The number of hydrogen-bond donors (Lipinski definition) is 0. The summed E-state index contributed by atoms with van der Waals surface area (Å²) in [6.45, 7) is 8.04. The Morgan fingerprint density at radius 2 is 1.71 bits per heavy atom. The van der Waals surface area contributed by atoms with Crippen molar-refractivity contribution in [3.8, 4) is 6.01 Å². The number of hydrogen-bond acceptors (Lipinski definition) is 3. The molecule has 3 nitrogen and oxygen atoms in total. The van der Waals surface area contributed by atoms with E-state index in [0.717, 1.165) is 18.4 Å². The molecular formula is C11H18N2O. The highest BCUT2D eigenvalue weighted by atomic mass is 16.5. The van der Waals surface area contributed by atoms with Gasteiger partial charge >= 0.3 is 6.01 Å². The quantitative estimate of drug-likeness (QED) is 0.726. The van der Waals surface area contributed by atoms with Gasteiger partial charge in [0.05, 0.1) is 0 Å². The molecule has 78 valence electrons. The summed E-state index contributed by atoms with van der Waals surface area (Å²) in [6.07, 6.45) is 5.77. The largest absolute Gasteiger partial charge is 0.457 e.